The van der Waals surface area contributed by atoms with Gasteiger partial charge >= 0.3 is 6.18 Å². The van der Waals surface area contributed by atoms with Crippen molar-refractivity contribution in [3.05, 3.63) is 70.3 Å². The Morgan fingerprint density at radius 1 is 1.27 bits per heavy atom. The maximum Gasteiger partial charge on any atom is 0.413 e. The summed E-state index contributed by atoms with van der Waals surface area (Å²) in [5.41, 5.74) is 1.08. The normalized spacial score (nSPS) is 17.7. The number of nitrogens with zero attached hydrogens (tertiary/aromatic N) is 1. The second-order valence-corrected chi connectivity index (χ2v) is 6.54. The van der Waals surface area contributed by atoms with E-state index in [-0.39, 0.29) is 23.6 Å². The van der Waals surface area contributed by atoms with Crippen LogP contribution in [0.4, 0.5) is 13.2 Å². The second kappa shape index (κ2) is 8.58. The van der Waals surface area contributed by atoms with Gasteiger partial charge in [-0.05, 0) is 30.4 Å². The first-order valence-corrected chi connectivity index (χ1v) is 8.78. The van der Waals surface area contributed by atoms with Crippen LogP contribution in [0.15, 0.2) is 59.2 Å². The molecule has 140 valence electrons. The lowest BCUT2D eigenvalue weighted by Crippen LogP contribution is -2.26. The maximum absolute atomic E-state index is 13.4. The predicted molar refractivity (Wildman–Crippen MR) is 97.7 cm³/mol. The molecular weight excluding hydrogens is 363 g/mol. The van der Waals surface area contributed by atoms with Gasteiger partial charge < -0.3 is 4.90 Å². The topological polar surface area (TPSA) is 20.3 Å². The zero-order valence-corrected chi connectivity index (χ0v) is 15.3. The van der Waals surface area contributed by atoms with Crippen LogP contribution in [-0.4, -0.2) is 23.5 Å². The largest absolute Gasteiger partial charge is 0.413 e. The first-order valence-electron chi connectivity index (χ1n) is 8.40. The number of benzene rings is 1. The molecule has 1 saturated heterocycles. The number of hydrogen-bond acceptors (Lipinski definition) is 1. The molecule has 0 aromatic heterocycles. The number of hydrogen-bond donors (Lipinski definition) is 0. The molecule has 0 unspecified atom stereocenters. The van der Waals surface area contributed by atoms with Crippen LogP contribution in [0.1, 0.15) is 30.9 Å². The molecular formula is C20H21ClF3NO. The lowest BCUT2D eigenvalue weighted by atomic mass is 10.0. The number of halogens is 4. The molecule has 0 saturated carbocycles. The molecule has 1 aliphatic heterocycles. The summed E-state index contributed by atoms with van der Waals surface area (Å²) >= 11 is 5.72. The summed E-state index contributed by atoms with van der Waals surface area (Å²) < 4.78 is 40.2. The molecule has 26 heavy (non-hydrogen) atoms. The Labute approximate surface area is 156 Å². The molecule has 0 bridgehead atoms. The first kappa shape index (κ1) is 20.3. The molecule has 1 aromatic rings. The van der Waals surface area contributed by atoms with E-state index in [0.29, 0.717) is 6.54 Å². The number of carbonyl (C=O) groups excluding carboxylic acids is 1. The molecule has 0 atom stereocenters. The molecule has 0 aliphatic carbocycles. The number of rotatable bonds is 6. The van der Waals surface area contributed by atoms with E-state index in [1.165, 1.54) is 22.6 Å². The highest BCUT2D eigenvalue weighted by atomic mass is 35.5. The Morgan fingerprint density at radius 2 is 1.88 bits per heavy atom. The summed E-state index contributed by atoms with van der Waals surface area (Å²) in [4.78, 5) is 14.0. The molecule has 1 aliphatic rings. The van der Waals surface area contributed by atoms with Gasteiger partial charge in [0.2, 0.25) is 5.91 Å². The van der Waals surface area contributed by atoms with Crippen LogP contribution in [0.25, 0.3) is 0 Å². The molecule has 1 aromatic carbocycles. The third-order valence-electron chi connectivity index (χ3n) is 4.38. The number of alkyl halides is 3. The van der Waals surface area contributed by atoms with Crippen molar-refractivity contribution in [1.82, 2.24) is 4.90 Å². The summed E-state index contributed by atoms with van der Waals surface area (Å²) in [6, 6.07) is 7.75. The minimum atomic E-state index is -4.57. The fraction of sp³-hybridized carbons (Fsp3) is 0.350. The maximum atomic E-state index is 13.4. The fourth-order valence-electron chi connectivity index (χ4n) is 2.87. The van der Waals surface area contributed by atoms with Crippen LogP contribution in [0.3, 0.4) is 0 Å². The Kier molecular flexibility index (Phi) is 6.70. The van der Waals surface area contributed by atoms with E-state index in [0.717, 1.165) is 12.0 Å². The van der Waals surface area contributed by atoms with Gasteiger partial charge in [-0.15, -0.1) is 0 Å². The van der Waals surface area contributed by atoms with E-state index in [4.69, 9.17) is 11.6 Å². The van der Waals surface area contributed by atoms with E-state index in [2.05, 4.69) is 6.58 Å². The smallest absolute Gasteiger partial charge is 0.334 e. The van der Waals surface area contributed by atoms with Gasteiger partial charge in [0.15, 0.2) is 0 Å². The van der Waals surface area contributed by atoms with Crippen molar-refractivity contribution in [2.24, 2.45) is 0 Å². The summed E-state index contributed by atoms with van der Waals surface area (Å²) in [5.74, 6) is -0.556. The minimum absolute atomic E-state index is 0.0836. The zero-order valence-electron chi connectivity index (χ0n) is 14.6. The molecule has 6 heteroatoms. The van der Waals surface area contributed by atoms with Gasteiger partial charge in [-0.1, -0.05) is 61.5 Å². The van der Waals surface area contributed by atoms with Crippen LogP contribution in [0.5, 0.6) is 0 Å². The van der Waals surface area contributed by atoms with Gasteiger partial charge in [-0.3, -0.25) is 4.79 Å². The van der Waals surface area contributed by atoms with Crippen molar-refractivity contribution in [2.75, 3.05) is 6.54 Å². The lowest BCUT2D eigenvalue weighted by Gasteiger charge is -2.17. The quantitative estimate of drug-likeness (QED) is 0.466. The molecule has 0 N–H and O–H groups in total. The highest BCUT2D eigenvalue weighted by molar-refractivity contribution is 6.31. The number of aryl methyl sites for hydroxylation is 1. The minimum Gasteiger partial charge on any atom is -0.334 e. The predicted octanol–water partition coefficient (Wildman–Crippen LogP) is 5.54. The average molecular weight is 384 g/mol. The van der Waals surface area contributed by atoms with Crippen LogP contribution >= 0.6 is 11.6 Å². The van der Waals surface area contributed by atoms with E-state index in [1.807, 2.05) is 31.2 Å². The highest BCUT2D eigenvalue weighted by Crippen LogP contribution is 2.36. The van der Waals surface area contributed by atoms with Gasteiger partial charge in [0.1, 0.15) is 0 Å². The van der Waals surface area contributed by atoms with Gasteiger partial charge in [-0.25, -0.2) is 0 Å². The first-order chi connectivity index (χ1) is 12.3. The molecule has 0 spiro atoms. The van der Waals surface area contributed by atoms with Crippen LogP contribution in [0.2, 0.25) is 0 Å². The second-order valence-electron chi connectivity index (χ2n) is 6.10. The molecule has 1 amide bonds. The van der Waals surface area contributed by atoms with Gasteiger partial charge in [0.25, 0.3) is 0 Å². The highest BCUT2D eigenvalue weighted by Gasteiger charge is 2.40. The summed E-state index contributed by atoms with van der Waals surface area (Å²) in [7, 11) is 0. The Bertz CT molecular complexity index is 732. The standard InChI is InChI=1S/C20H21ClF3NO/c1-3-14-5-7-15(8-6-14)13-25-12-11-17(19(25)26)18(20(22,23)24)10-9-16(21)4-2/h4-9H,2-3,10-13H2,1H3/b16-9+,18-17-. The van der Waals surface area contributed by atoms with Crippen molar-refractivity contribution in [1.29, 1.82) is 0 Å². The van der Waals surface area contributed by atoms with Crippen LogP contribution in [-0.2, 0) is 17.8 Å². The fourth-order valence-corrected chi connectivity index (χ4v) is 2.95. The Hall–Kier alpha value is -2.01. The van der Waals surface area contributed by atoms with Gasteiger partial charge in [0.05, 0.1) is 0 Å². The Morgan fingerprint density at radius 3 is 2.42 bits per heavy atom. The molecule has 1 heterocycles. The van der Waals surface area contributed by atoms with Crippen LogP contribution < -0.4 is 0 Å². The third-order valence-corrected chi connectivity index (χ3v) is 4.69. The van der Waals surface area contributed by atoms with Crippen molar-refractivity contribution in [2.45, 2.75) is 38.9 Å². The number of amides is 1. The van der Waals surface area contributed by atoms with Crippen LogP contribution in [0, 0.1) is 0 Å². The van der Waals surface area contributed by atoms with Crippen molar-refractivity contribution in [3.8, 4) is 0 Å². The molecule has 2 nitrogen and oxygen atoms in total. The van der Waals surface area contributed by atoms with E-state index < -0.39 is 24.1 Å². The summed E-state index contributed by atoms with van der Waals surface area (Å²) in [6.45, 7) is 6.04. The van der Waals surface area contributed by atoms with Crippen molar-refractivity contribution < 1.29 is 18.0 Å². The Balaban J connectivity index is 2.22. The number of carbonyl (C=O) groups is 1. The third kappa shape index (κ3) is 5.01. The van der Waals surface area contributed by atoms with Gasteiger partial charge in [-0.2, -0.15) is 13.2 Å². The van der Waals surface area contributed by atoms with E-state index >= 15 is 0 Å². The summed E-state index contributed by atoms with van der Waals surface area (Å²) in [5, 5.41) is 0.130. The number of allylic oxidation sites excluding steroid dienone is 4. The van der Waals surface area contributed by atoms with E-state index in [1.54, 1.807) is 0 Å². The average Bonchev–Trinajstić information content (AvgIpc) is 2.95. The summed E-state index contributed by atoms with van der Waals surface area (Å²) in [6.07, 6.45) is -1.52. The van der Waals surface area contributed by atoms with Gasteiger partial charge in [0, 0.05) is 29.3 Å². The monoisotopic (exact) mass is 383 g/mol. The molecule has 0 radical (unpaired) electrons. The zero-order chi connectivity index (χ0) is 19.3. The molecule has 2 rings (SSSR count). The van der Waals surface area contributed by atoms with Crippen molar-refractivity contribution >= 4 is 17.5 Å². The SMILES string of the molecule is C=C/C(Cl)=C\C/C(=C1\CCN(Cc2ccc(CC)cc2)C1=O)C(F)(F)F. The lowest BCUT2D eigenvalue weighted by molar-refractivity contribution is -0.126. The van der Waals surface area contributed by atoms with Crippen molar-refractivity contribution in [3.63, 3.8) is 0 Å². The molecule has 1 fully saturated rings. The van der Waals surface area contributed by atoms with E-state index in [9.17, 15) is 18.0 Å². The number of likely N-dealkylation sites (tertiary alicyclic amines) is 1.